The minimum absolute atomic E-state index is 0.140. The number of nitrogens with one attached hydrogen (secondary N) is 2. The highest BCUT2D eigenvalue weighted by Crippen LogP contribution is 2.20. The Hall–Kier alpha value is -2.07. The molecule has 24 heavy (non-hydrogen) atoms. The molecule has 0 aliphatic heterocycles. The third kappa shape index (κ3) is 5.24. The third-order valence-corrected chi connectivity index (χ3v) is 3.92. The van der Waals surface area contributed by atoms with Gasteiger partial charge >= 0.3 is 0 Å². The van der Waals surface area contributed by atoms with E-state index in [1.54, 1.807) is 0 Å². The van der Waals surface area contributed by atoms with Crippen molar-refractivity contribution in [1.82, 2.24) is 5.32 Å². The van der Waals surface area contributed by atoms with E-state index in [1.807, 2.05) is 38.1 Å². The smallest absolute Gasteiger partial charge is 0.171 e. The van der Waals surface area contributed by atoms with Gasteiger partial charge in [-0.2, -0.15) is 0 Å². The molecule has 0 amide bonds. The minimum atomic E-state index is 0.140. The lowest BCUT2D eigenvalue weighted by Crippen LogP contribution is -2.31. The van der Waals surface area contributed by atoms with Crippen molar-refractivity contribution in [3.63, 3.8) is 0 Å². The standard InChI is InChI=1S/C20H26N2OS/c1-13(2)23-18-8-6-7-17(12-18)22-20(24)21-16(5)19-10-9-14(3)11-15(19)4/h6-13,16H,1-5H3,(H2,21,22,24)/t16-/m0/s1. The number of aryl methyl sites for hydroxylation is 2. The van der Waals surface area contributed by atoms with Crippen LogP contribution in [0.5, 0.6) is 5.75 Å². The van der Waals surface area contributed by atoms with Gasteiger partial charge in [0.1, 0.15) is 5.75 Å². The summed E-state index contributed by atoms with van der Waals surface area (Å²) in [5, 5.41) is 7.17. The number of benzene rings is 2. The summed E-state index contributed by atoms with van der Waals surface area (Å²) in [4.78, 5) is 0. The maximum absolute atomic E-state index is 5.71. The van der Waals surface area contributed by atoms with E-state index in [-0.39, 0.29) is 12.1 Å². The summed E-state index contributed by atoms with van der Waals surface area (Å²) in [6.07, 6.45) is 0.148. The van der Waals surface area contributed by atoms with E-state index in [0.717, 1.165) is 11.4 Å². The summed E-state index contributed by atoms with van der Waals surface area (Å²) in [7, 11) is 0. The number of ether oxygens (including phenoxy) is 1. The van der Waals surface area contributed by atoms with Crippen molar-refractivity contribution in [1.29, 1.82) is 0 Å². The zero-order valence-corrected chi connectivity index (χ0v) is 15.8. The Morgan fingerprint density at radius 1 is 1.04 bits per heavy atom. The lowest BCUT2D eigenvalue weighted by molar-refractivity contribution is 0.242. The average Bonchev–Trinajstić information content (AvgIpc) is 2.46. The van der Waals surface area contributed by atoms with Gasteiger partial charge in [0.2, 0.25) is 0 Å². The molecule has 0 aliphatic rings. The van der Waals surface area contributed by atoms with Gasteiger partial charge in [-0.05, 0) is 70.1 Å². The fourth-order valence-electron chi connectivity index (χ4n) is 2.67. The lowest BCUT2D eigenvalue weighted by atomic mass is 10.0. The molecule has 0 fully saturated rings. The molecule has 0 bridgehead atoms. The van der Waals surface area contributed by atoms with Gasteiger partial charge in [0.15, 0.2) is 5.11 Å². The van der Waals surface area contributed by atoms with Crippen LogP contribution >= 0.6 is 12.2 Å². The Morgan fingerprint density at radius 3 is 2.46 bits per heavy atom. The van der Waals surface area contributed by atoms with E-state index in [0.29, 0.717) is 5.11 Å². The van der Waals surface area contributed by atoms with Crippen molar-refractivity contribution >= 4 is 23.0 Å². The molecule has 0 aliphatic carbocycles. The van der Waals surface area contributed by atoms with E-state index < -0.39 is 0 Å². The highest BCUT2D eigenvalue weighted by Gasteiger charge is 2.10. The van der Waals surface area contributed by atoms with Gasteiger partial charge in [-0.3, -0.25) is 0 Å². The van der Waals surface area contributed by atoms with Gasteiger partial charge in [0.05, 0.1) is 12.1 Å². The molecule has 0 spiro atoms. The quantitative estimate of drug-likeness (QED) is 0.737. The van der Waals surface area contributed by atoms with Crippen LogP contribution < -0.4 is 15.4 Å². The Morgan fingerprint density at radius 2 is 1.79 bits per heavy atom. The Bertz CT molecular complexity index is 713. The van der Waals surface area contributed by atoms with Gasteiger partial charge in [-0.15, -0.1) is 0 Å². The first-order chi connectivity index (χ1) is 11.3. The molecule has 3 nitrogen and oxygen atoms in total. The van der Waals surface area contributed by atoms with Crippen LogP contribution in [0.3, 0.4) is 0 Å². The van der Waals surface area contributed by atoms with Crippen molar-refractivity contribution in [2.24, 2.45) is 0 Å². The third-order valence-electron chi connectivity index (χ3n) is 3.70. The number of anilines is 1. The maximum Gasteiger partial charge on any atom is 0.171 e. The van der Waals surface area contributed by atoms with E-state index >= 15 is 0 Å². The number of hydrogen-bond acceptors (Lipinski definition) is 2. The van der Waals surface area contributed by atoms with Gasteiger partial charge in [-0.1, -0.05) is 29.8 Å². The monoisotopic (exact) mass is 342 g/mol. The van der Waals surface area contributed by atoms with E-state index in [9.17, 15) is 0 Å². The largest absolute Gasteiger partial charge is 0.491 e. The summed E-state index contributed by atoms with van der Waals surface area (Å²) < 4.78 is 5.71. The number of rotatable bonds is 5. The molecule has 2 aromatic carbocycles. The van der Waals surface area contributed by atoms with E-state index in [4.69, 9.17) is 17.0 Å². The highest BCUT2D eigenvalue weighted by molar-refractivity contribution is 7.80. The molecule has 0 unspecified atom stereocenters. The van der Waals surface area contributed by atoms with Gasteiger partial charge in [0.25, 0.3) is 0 Å². The Balaban J connectivity index is 2.00. The summed E-state index contributed by atoms with van der Waals surface area (Å²) in [5.74, 6) is 0.834. The molecule has 1 atom stereocenters. The molecular formula is C20H26N2OS. The fraction of sp³-hybridized carbons (Fsp3) is 0.350. The predicted octanol–water partition coefficient (Wildman–Crippen LogP) is 5.14. The van der Waals surface area contributed by atoms with Crippen LogP contribution in [0.4, 0.5) is 5.69 Å². The Labute approximate surface area is 150 Å². The van der Waals surface area contributed by atoms with Crippen molar-refractivity contribution < 1.29 is 4.74 Å². The molecule has 0 saturated carbocycles. The number of thiocarbonyl (C=S) groups is 1. The minimum Gasteiger partial charge on any atom is -0.491 e. The van der Waals surface area contributed by atoms with Crippen LogP contribution in [0.1, 0.15) is 43.5 Å². The molecule has 0 heterocycles. The second-order valence-electron chi connectivity index (χ2n) is 6.37. The second-order valence-corrected chi connectivity index (χ2v) is 6.78. The molecule has 0 saturated heterocycles. The van der Waals surface area contributed by atoms with E-state index in [2.05, 4.69) is 49.6 Å². The molecule has 4 heteroatoms. The summed E-state index contributed by atoms with van der Waals surface area (Å²) in [6, 6.07) is 14.4. The van der Waals surface area contributed by atoms with Gasteiger partial charge < -0.3 is 15.4 Å². The summed E-state index contributed by atoms with van der Waals surface area (Å²) in [5.41, 5.74) is 4.70. The van der Waals surface area contributed by atoms with Crippen LogP contribution in [-0.4, -0.2) is 11.2 Å². The maximum atomic E-state index is 5.71. The predicted molar refractivity (Wildman–Crippen MR) is 106 cm³/mol. The lowest BCUT2D eigenvalue weighted by Gasteiger charge is -2.20. The summed E-state index contributed by atoms with van der Waals surface area (Å²) in [6.45, 7) is 10.4. The molecule has 0 radical (unpaired) electrons. The van der Waals surface area contributed by atoms with Crippen molar-refractivity contribution in [2.45, 2.75) is 46.8 Å². The van der Waals surface area contributed by atoms with Crippen molar-refractivity contribution in [3.8, 4) is 5.75 Å². The number of hydrogen-bond donors (Lipinski definition) is 2. The molecule has 2 N–H and O–H groups in total. The van der Waals surface area contributed by atoms with Gasteiger partial charge in [-0.25, -0.2) is 0 Å². The van der Waals surface area contributed by atoms with Crippen molar-refractivity contribution in [2.75, 3.05) is 5.32 Å². The molecule has 2 rings (SSSR count). The molecule has 128 valence electrons. The molecular weight excluding hydrogens is 316 g/mol. The van der Waals surface area contributed by atoms with Gasteiger partial charge in [0, 0.05) is 11.8 Å². The van der Waals surface area contributed by atoms with Crippen LogP contribution in [0.2, 0.25) is 0 Å². The first-order valence-corrected chi connectivity index (χ1v) is 8.67. The normalized spacial score (nSPS) is 11.9. The van der Waals surface area contributed by atoms with Crippen LogP contribution in [0.25, 0.3) is 0 Å². The fourth-order valence-corrected chi connectivity index (χ4v) is 2.97. The van der Waals surface area contributed by atoms with Crippen LogP contribution in [0.15, 0.2) is 42.5 Å². The summed E-state index contributed by atoms with van der Waals surface area (Å²) >= 11 is 5.45. The zero-order chi connectivity index (χ0) is 17.7. The highest BCUT2D eigenvalue weighted by atomic mass is 32.1. The SMILES string of the molecule is Cc1ccc([C@H](C)NC(=S)Nc2cccc(OC(C)C)c2)c(C)c1. The topological polar surface area (TPSA) is 33.3 Å². The Kier molecular flexibility index (Phi) is 6.21. The van der Waals surface area contributed by atoms with Crippen LogP contribution in [0, 0.1) is 13.8 Å². The average molecular weight is 343 g/mol. The second kappa shape index (κ2) is 8.15. The van der Waals surface area contributed by atoms with E-state index in [1.165, 1.54) is 16.7 Å². The molecule has 2 aromatic rings. The molecule has 0 aromatic heterocycles. The first kappa shape index (κ1) is 18.3. The first-order valence-electron chi connectivity index (χ1n) is 8.26. The zero-order valence-electron chi connectivity index (χ0n) is 15.0. The van der Waals surface area contributed by atoms with Crippen molar-refractivity contribution in [3.05, 3.63) is 59.2 Å². The van der Waals surface area contributed by atoms with Crippen LogP contribution in [-0.2, 0) is 0 Å².